The van der Waals surface area contributed by atoms with E-state index in [1.165, 1.54) is 28.8 Å². The van der Waals surface area contributed by atoms with E-state index in [1.807, 2.05) is 39.5 Å². The third kappa shape index (κ3) is 4.78. The van der Waals surface area contributed by atoms with Gasteiger partial charge >= 0.3 is 5.69 Å². The van der Waals surface area contributed by atoms with Crippen LogP contribution in [0.4, 0.5) is 14.6 Å². The lowest BCUT2D eigenvalue weighted by Crippen LogP contribution is -2.58. The van der Waals surface area contributed by atoms with Crippen molar-refractivity contribution in [2.45, 2.75) is 52.6 Å². The summed E-state index contributed by atoms with van der Waals surface area (Å²) < 4.78 is 32.1. The van der Waals surface area contributed by atoms with Gasteiger partial charge in [0.15, 0.2) is 11.5 Å². The van der Waals surface area contributed by atoms with Gasteiger partial charge in [-0.1, -0.05) is 26.5 Å². The Morgan fingerprint density at radius 1 is 1.12 bits per heavy atom. The summed E-state index contributed by atoms with van der Waals surface area (Å²) >= 11 is 0. The van der Waals surface area contributed by atoms with Crippen LogP contribution in [-0.2, 0) is 4.79 Å². The normalized spacial score (nSPS) is 17.2. The Kier molecular flexibility index (Phi) is 7.53. The number of carbonyl (C=O) groups excluding carboxylic acids is 1. The lowest BCUT2D eigenvalue weighted by Gasteiger charge is -2.44. The van der Waals surface area contributed by atoms with Crippen molar-refractivity contribution in [3.05, 3.63) is 82.6 Å². The Bertz CT molecular complexity index is 1770. The highest BCUT2D eigenvalue weighted by Crippen LogP contribution is 2.37. The number of phenols is 1. The van der Waals surface area contributed by atoms with Gasteiger partial charge in [-0.25, -0.2) is 23.1 Å². The molecule has 4 aromatic rings. The number of hydrogen-bond acceptors (Lipinski definition) is 7. The Morgan fingerprint density at radius 3 is 2.52 bits per heavy atom. The molecule has 0 radical (unpaired) electrons. The summed E-state index contributed by atoms with van der Waals surface area (Å²) in [6.07, 6.45) is 2.90. The van der Waals surface area contributed by atoms with E-state index in [-0.39, 0.29) is 40.8 Å². The number of carbonyl (C=O) groups is 1. The van der Waals surface area contributed by atoms with Crippen LogP contribution in [0.1, 0.15) is 44.9 Å². The predicted molar refractivity (Wildman–Crippen MR) is 157 cm³/mol. The summed E-state index contributed by atoms with van der Waals surface area (Å²) in [5.74, 6) is -2.36. The fraction of sp³-hybridized carbons (Fsp3) is 0.323. The minimum Gasteiger partial charge on any atom is -0.507 e. The van der Waals surface area contributed by atoms with Gasteiger partial charge in [-0.3, -0.25) is 9.78 Å². The van der Waals surface area contributed by atoms with E-state index >= 15 is 4.39 Å². The molecule has 1 saturated heterocycles. The van der Waals surface area contributed by atoms with Crippen molar-refractivity contribution >= 4 is 22.8 Å². The number of piperazine rings is 1. The number of phenolic OH excluding ortho intramolecular Hbond substituents is 1. The first-order valence-electron chi connectivity index (χ1n) is 13.7. The molecular formula is C31H32F2N6O3. The van der Waals surface area contributed by atoms with Crippen molar-refractivity contribution in [1.82, 2.24) is 24.4 Å². The molecule has 0 unspecified atom stereocenters. The van der Waals surface area contributed by atoms with Crippen LogP contribution in [0.3, 0.4) is 0 Å². The smallest absolute Gasteiger partial charge is 0.355 e. The molecule has 9 nitrogen and oxygen atoms in total. The number of pyridine rings is 2. The second-order valence-corrected chi connectivity index (χ2v) is 10.9. The zero-order valence-electron chi connectivity index (χ0n) is 24.1. The fourth-order valence-electron chi connectivity index (χ4n) is 5.58. The lowest BCUT2D eigenvalue weighted by atomic mass is 10.0. The molecular weight excluding hydrogens is 542 g/mol. The van der Waals surface area contributed by atoms with E-state index in [9.17, 15) is 19.1 Å². The Labute approximate surface area is 241 Å². The van der Waals surface area contributed by atoms with Gasteiger partial charge in [0.05, 0.1) is 22.3 Å². The Balaban J connectivity index is 1.85. The molecule has 218 valence electrons. The van der Waals surface area contributed by atoms with E-state index in [0.29, 0.717) is 30.0 Å². The van der Waals surface area contributed by atoms with Gasteiger partial charge in [0.1, 0.15) is 23.1 Å². The highest BCUT2D eigenvalue weighted by molar-refractivity contribution is 5.91. The van der Waals surface area contributed by atoms with E-state index in [4.69, 9.17) is 0 Å². The molecule has 42 heavy (non-hydrogen) atoms. The second kappa shape index (κ2) is 11.0. The molecule has 0 saturated carbocycles. The quantitative estimate of drug-likeness (QED) is 0.339. The van der Waals surface area contributed by atoms with Crippen LogP contribution >= 0.6 is 0 Å². The number of rotatable bonds is 5. The minimum atomic E-state index is -0.899. The maximum Gasteiger partial charge on any atom is 0.355 e. The molecule has 11 heteroatoms. The summed E-state index contributed by atoms with van der Waals surface area (Å²) in [6.45, 7) is 13.7. The maximum atomic E-state index is 15.9. The SMILES string of the molecule is C=CC(=O)N1C[C@H](C)N(c2nc(=O)n(-c3c(C)ccnc3C(C)C)c3nc(-c4c(O)cccc4F)c(F)cc23)C[C@H]1C. The van der Waals surface area contributed by atoms with Crippen molar-refractivity contribution in [3.63, 3.8) is 0 Å². The molecule has 0 aliphatic carbocycles. The van der Waals surface area contributed by atoms with E-state index in [0.717, 1.165) is 6.07 Å². The van der Waals surface area contributed by atoms with Gasteiger partial charge in [0, 0.05) is 31.4 Å². The number of aromatic nitrogens is 4. The molecule has 1 amide bonds. The molecule has 5 rings (SSSR count). The standard InChI is InChI=1S/C31H32F2N6O3/c1-7-24(41)37-14-19(6)38(15-18(37)5)29-20-13-22(33)27(25-21(32)9-8-10-23(25)40)35-30(20)39(31(42)36-29)28-17(4)11-12-34-26(28)16(2)3/h7-13,16,18-19,40H,1,14-15H2,2-6H3/t18-,19+/m1/s1. The number of aryl methyl sites for hydroxylation is 1. The zero-order chi connectivity index (χ0) is 30.5. The summed E-state index contributed by atoms with van der Waals surface area (Å²) in [5, 5.41) is 10.7. The van der Waals surface area contributed by atoms with Crippen molar-refractivity contribution < 1.29 is 18.7 Å². The van der Waals surface area contributed by atoms with Crippen LogP contribution in [0, 0.1) is 18.6 Å². The summed E-state index contributed by atoms with van der Waals surface area (Å²) in [7, 11) is 0. The molecule has 4 heterocycles. The van der Waals surface area contributed by atoms with Crippen LogP contribution in [0.2, 0.25) is 0 Å². The highest BCUT2D eigenvalue weighted by Gasteiger charge is 2.34. The second-order valence-electron chi connectivity index (χ2n) is 10.9. The molecule has 1 N–H and O–H groups in total. The van der Waals surface area contributed by atoms with Crippen LogP contribution in [0.15, 0.2) is 54.0 Å². The first kappa shape index (κ1) is 28.8. The van der Waals surface area contributed by atoms with E-state index in [1.54, 1.807) is 17.2 Å². The highest BCUT2D eigenvalue weighted by atomic mass is 19.1. The summed E-state index contributed by atoms with van der Waals surface area (Å²) in [4.78, 5) is 43.4. The van der Waals surface area contributed by atoms with Gasteiger partial charge in [-0.2, -0.15) is 4.98 Å². The number of halogens is 2. The third-order valence-corrected chi connectivity index (χ3v) is 7.67. The number of benzene rings is 1. The van der Waals surface area contributed by atoms with Gasteiger partial charge < -0.3 is 14.9 Å². The molecule has 1 aliphatic heterocycles. The monoisotopic (exact) mass is 574 g/mol. The van der Waals surface area contributed by atoms with Gasteiger partial charge in [0.2, 0.25) is 5.91 Å². The van der Waals surface area contributed by atoms with Gasteiger partial charge in [-0.15, -0.1) is 0 Å². The van der Waals surface area contributed by atoms with E-state index in [2.05, 4.69) is 21.5 Å². The van der Waals surface area contributed by atoms with Crippen LogP contribution < -0.4 is 10.6 Å². The van der Waals surface area contributed by atoms with Crippen LogP contribution in [0.5, 0.6) is 5.75 Å². The topological polar surface area (TPSA) is 104 Å². The molecule has 2 atom stereocenters. The summed E-state index contributed by atoms with van der Waals surface area (Å²) in [6, 6.07) is 6.01. The maximum absolute atomic E-state index is 15.9. The molecule has 0 bridgehead atoms. The van der Waals surface area contributed by atoms with E-state index < -0.39 is 34.3 Å². The van der Waals surface area contributed by atoms with Crippen molar-refractivity contribution in [2.75, 3.05) is 18.0 Å². The first-order valence-corrected chi connectivity index (χ1v) is 13.7. The number of fused-ring (bicyclic) bond motifs is 1. The van der Waals surface area contributed by atoms with Crippen molar-refractivity contribution in [1.29, 1.82) is 0 Å². The van der Waals surface area contributed by atoms with Gasteiger partial charge in [0.25, 0.3) is 0 Å². The average molecular weight is 575 g/mol. The van der Waals surface area contributed by atoms with Gasteiger partial charge in [-0.05, 0) is 62.6 Å². The number of anilines is 1. The molecule has 1 aliphatic rings. The molecule has 3 aromatic heterocycles. The molecule has 0 spiro atoms. The lowest BCUT2D eigenvalue weighted by molar-refractivity contribution is -0.128. The van der Waals surface area contributed by atoms with Crippen molar-refractivity contribution in [3.8, 4) is 22.7 Å². The predicted octanol–water partition coefficient (Wildman–Crippen LogP) is 4.87. The zero-order valence-corrected chi connectivity index (χ0v) is 24.1. The number of nitrogens with zero attached hydrogens (tertiary/aromatic N) is 6. The number of aromatic hydroxyl groups is 1. The summed E-state index contributed by atoms with van der Waals surface area (Å²) in [5.41, 5.74) is 0.264. The molecule has 1 fully saturated rings. The van der Waals surface area contributed by atoms with Crippen molar-refractivity contribution in [2.24, 2.45) is 0 Å². The first-order chi connectivity index (χ1) is 19.9. The van der Waals surface area contributed by atoms with Crippen LogP contribution in [-0.4, -0.2) is 60.6 Å². The fourth-order valence-corrected chi connectivity index (χ4v) is 5.58. The minimum absolute atomic E-state index is 0.0338. The Morgan fingerprint density at radius 2 is 1.86 bits per heavy atom. The van der Waals surface area contributed by atoms with Crippen LogP contribution in [0.25, 0.3) is 28.0 Å². The average Bonchev–Trinajstić information content (AvgIpc) is 2.94. The third-order valence-electron chi connectivity index (χ3n) is 7.67. The number of amides is 1. The number of hydrogen-bond donors (Lipinski definition) is 1. The Hall–Kier alpha value is -4.67. The largest absolute Gasteiger partial charge is 0.507 e. The molecule has 1 aromatic carbocycles.